The highest BCUT2D eigenvalue weighted by molar-refractivity contribution is 5.99. The normalized spacial score (nSPS) is 17.8. The highest BCUT2D eigenvalue weighted by Gasteiger charge is 2.42. The average molecular weight is 381 g/mol. The molecule has 28 heavy (non-hydrogen) atoms. The van der Waals surface area contributed by atoms with Crippen molar-refractivity contribution in [1.82, 2.24) is 5.32 Å². The third-order valence-corrected chi connectivity index (χ3v) is 5.58. The summed E-state index contributed by atoms with van der Waals surface area (Å²) in [6, 6.07) is 13.5. The van der Waals surface area contributed by atoms with Crippen LogP contribution in [0.3, 0.4) is 0 Å². The van der Waals surface area contributed by atoms with Crippen LogP contribution in [-0.4, -0.2) is 18.0 Å². The summed E-state index contributed by atoms with van der Waals surface area (Å²) in [5.41, 5.74) is 1.36. The number of benzene rings is 2. The van der Waals surface area contributed by atoms with E-state index < -0.39 is 5.41 Å². The molecule has 146 valence electrons. The third-order valence-electron chi connectivity index (χ3n) is 5.58. The number of amides is 3. The van der Waals surface area contributed by atoms with Gasteiger partial charge < -0.3 is 16.0 Å². The maximum absolute atomic E-state index is 13.7. The Morgan fingerprint density at radius 2 is 1.57 bits per heavy atom. The van der Waals surface area contributed by atoms with Crippen LogP contribution in [-0.2, 0) is 10.2 Å². The molecule has 0 atom stereocenters. The lowest BCUT2D eigenvalue weighted by Crippen LogP contribution is -2.38. The van der Waals surface area contributed by atoms with E-state index in [1.165, 1.54) is 12.1 Å². The second-order valence-corrected chi connectivity index (χ2v) is 7.70. The molecule has 2 aromatic rings. The van der Waals surface area contributed by atoms with E-state index in [-0.39, 0.29) is 17.8 Å². The predicted molar refractivity (Wildman–Crippen MR) is 107 cm³/mol. The minimum Gasteiger partial charge on any atom is -0.335 e. The number of anilines is 2. The monoisotopic (exact) mass is 381 g/mol. The second kappa shape index (κ2) is 7.62. The zero-order valence-electron chi connectivity index (χ0n) is 15.6. The van der Waals surface area contributed by atoms with E-state index in [9.17, 15) is 14.0 Å². The Hall–Kier alpha value is -2.89. The molecule has 2 fully saturated rings. The molecule has 4 rings (SSSR count). The highest BCUT2D eigenvalue weighted by Crippen LogP contribution is 2.42. The number of halogens is 1. The minimum atomic E-state index is -0.691. The van der Waals surface area contributed by atoms with Gasteiger partial charge in [-0.1, -0.05) is 25.0 Å². The number of hydrogen-bond donors (Lipinski definition) is 3. The van der Waals surface area contributed by atoms with E-state index in [0.717, 1.165) is 31.2 Å². The first-order chi connectivity index (χ1) is 13.5. The molecule has 0 heterocycles. The molecule has 5 nitrogen and oxygen atoms in total. The van der Waals surface area contributed by atoms with Gasteiger partial charge in [0.1, 0.15) is 5.82 Å². The lowest BCUT2D eigenvalue weighted by Gasteiger charge is -2.28. The molecule has 0 aliphatic heterocycles. The first-order valence-electron chi connectivity index (χ1n) is 9.80. The molecule has 2 aromatic carbocycles. The molecule has 0 spiro atoms. The van der Waals surface area contributed by atoms with Crippen LogP contribution < -0.4 is 16.0 Å². The van der Waals surface area contributed by atoms with Crippen LogP contribution in [0.1, 0.15) is 44.1 Å². The van der Waals surface area contributed by atoms with E-state index in [1.54, 1.807) is 30.3 Å². The zero-order chi connectivity index (χ0) is 19.6. The van der Waals surface area contributed by atoms with Crippen molar-refractivity contribution in [2.24, 2.45) is 0 Å². The summed E-state index contributed by atoms with van der Waals surface area (Å²) in [5, 5.41) is 8.62. The third kappa shape index (κ3) is 4.01. The van der Waals surface area contributed by atoms with Gasteiger partial charge in [-0.3, -0.25) is 4.79 Å². The first kappa shape index (κ1) is 18.5. The van der Waals surface area contributed by atoms with Gasteiger partial charge in [0, 0.05) is 17.4 Å². The van der Waals surface area contributed by atoms with E-state index >= 15 is 0 Å². The van der Waals surface area contributed by atoms with Crippen molar-refractivity contribution in [2.45, 2.75) is 50.0 Å². The van der Waals surface area contributed by atoms with Crippen LogP contribution in [0.2, 0.25) is 0 Å². The SMILES string of the molecule is O=C(Nc1ccc(NC(=O)C2(c3cccc(F)c3)CCCC2)cc1)NC1CC1. The van der Waals surface area contributed by atoms with Crippen molar-refractivity contribution in [3.8, 4) is 0 Å². The standard InChI is InChI=1S/C22H24FN3O2/c23-16-5-3-4-15(14-16)22(12-1-2-13-22)20(27)24-17-6-8-18(9-7-17)25-21(28)26-19-10-11-19/h3-9,14,19H,1-2,10-13H2,(H,24,27)(H2,25,26,28). The largest absolute Gasteiger partial charge is 0.335 e. The molecule has 2 aliphatic rings. The summed E-state index contributed by atoms with van der Waals surface area (Å²) < 4.78 is 13.7. The fourth-order valence-electron chi connectivity index (χ4n) is 3.88. The maximum Gasteiger partial charge on any atom is 0.319 e. The van der Waals surface area contributed by atoms with Crippen molar-refractivity contribution in [1.29, 1.82) is 0 Å². The lowest BCUT2D eigenvalue weighted by molar-refractivity contribution is -0.121. The van der Waals surface area contributed by atoms with Crippen molar-refractivity contribution >= 4 is 23.3 Å². The van der Waals surface area contributed by atoms with E-state index in [2.05, 4.69) is 16.0 Å². The Balaban J connectivity index is 1.45. The van der Waals surface area contributed by atoms with Crippen LogP contribution >= 0.6 is 0 Å². The van der Waals surface area contributed by atoms with Gasteiger partial charge in [0.15, 0.2) is 0 Å². The maximum atomic E-state index is 13.7. The minimum absolute atomic E-state index is 0.109. The van der Waals surface area contributed by atoms with Crippen LogP contribution in [0.25, 0.3) is 0 Å². The summed E-state index contributed by atoms with van der Waals surface area (Å²) in [4.78, 5) is 24.9. The summed E-state index contributed by atoms with van der Waals surface area (Å²) >= 11 is 0. The van der Waals surface area contributed by atoms with Gasteiger partial charge in [0.2, 0.25) is 5.91 Å². The van der Waals surface area contributed by atoms with Gasteiger partial charge >= 0.3 is 6.03 Å². The number of urea groups is 1. The topological polar surface area (TPSA) is 70.2 Å². The van der Waals surface area contributed by atoms with E-state index in [4.69, 9.17) is 0 Å². The summed E-state index contributed by atoms with van der Waals surface area (Å²) in [7, 11) is 0. The zero-order valence-corrected chi connectivity index (χ0v) is 15.6. The number of carbonyl (C=O) groups excluding carboxylic acids is 2. The molecular weight excluding hydrogens is 357 g/mol. The van der Waals surface area contributed by atoms with E-state index in [1.807, 2.05) is 6.07 Å². The van der Waals surface area contributed by atoms with Crippen molar-refractivity contribution < 1.29 is 14.0 Å². The molecular formula is C22H24FN3O2. The number of hydrogen-bond acceptors (Lipinski definition) is 2. The summed E-state index contributed by atoms with van der Waals surface area (Å²) in [6.07, 6.45) is 5.38. The second-order valence-electron chi connectivity index (χ2n) is 7.70. The van der Waals surface area contributed by atoms with Gasteiger partial charge in [-0.2, -0.15) is 0 Å². The van der Waals surface area contributed by atoms with Crippen LogP contribution in [0.4, 0.5) is 20.6 Å². The Labute approximate surface area is 163 Å². The molecule has 0 unspecified atom stereocenters. The van der Waals surface area contributed by atoms with Gasteiger partial charge in [0.05, 0.1) is 5.41 Å². The highest BCUT2D eigenvalue weighted by atomic mass is 19.1. The summed E-state index contributed by atoms with van der Waals surface area (Å²) in [5.74, 6) is -0.431. The summed E-state index contributed by atoms with van der Waals surface area (Å²) in [6.45, 7) is 0. The molecule has 0 aromatic heterocycles. The number of nitrogens with one attached hydrogen (secondary N) is 3. The molecule has 2 aliphatic carbocycles. The Morgan fingerprint density at radius 3 is 2.18 bits per heavy atom. The van der Waals surface area contributed by atoms with Gasteiger partial charge in [-0.15, -0.1) is 0 Å². The molecule has 0 bridgehead atoms. The van der Waals surface area contributed by atoms with E-state index in [0.29, 0.717) is 30.3 Å². The number of carbonyl (C=O) groups is 2. The van der Waals surface area contributed by atoms with Gasteiger partial charge in [-0.25, -0.2) is 9.18 Å². The first-order valence-corrected chi connectivity index (χ1v) is 9.80. The molecule has 6 heteroatoms. The fraction of sp³-hybridized carbons (Fsp3) is 0.364. The lowest BCUT2D eigenvalue weighted by atomic mass is 9.78. The van der Waals surface area contributed by atoms with Crippen molar-refractivity contribution in [2.75, 3.05) is 10.6 Å². The Morgan fingerprint density at radius 1 is 0.929 bits per heavy atom. The predicted octanol–water partition coefficient (Wildman–Crippen LogP) is 4.56. The van der Waals surface area contributed by atoms with Crippen molar-refractivity contribution in [3.63, 3.8) is 0 Å². The molecule has 0 radical (unpaired) electrons. The van der Waals surface area contributed by atoms with Gasteiger partial charge in [0.25, 0.3) is 0 Å². The molecule has 3 amide bonds. The number of rotatable bonds is 5. The van der Waals surface area contributed by atoms with Crippen molar-refractivity contribution in [3.05, 3.63) is 59.9 Å². The fourth-order valence-corrected chi connectivity index (χ4v) is 3.88. The molecule has 2 saturated carbocycles. The average Bonchev–Trinajstić information content (AvgIpc) is 3.34. The quantitative estimate of drug-likeness (QED) is 0.711. The Bertz CT molecular complexity index is 872. The molecule has 3 N–H and O–H groups in total. The smallest absolute Gasteiger partial charge is 0.319 e. The van der Waals surface area contributed by atoms with Gasteiger partial charge in [-0.05, 0) is 67.6 Å². The van der Waals surface area contributed by atoms with Crippen LogP contribution in [0.5, 0.6) is 0 Å². The molecule has 0 saturated heterocycles. The Kier molecular flexibility index (Phi) is 5.03. The van der Waals surface area contributed by atoms with Crippen LogP contribution in [0.15, 0.2) is 48.5 Å². The van der Waals surface area contributed by atoms with Crippen LogP contribution in [0, 0.1) is 5.82 Å².